The van der Waals surface area contributed by atoms with Gasteiger partial charge in [0.25, 0.3) is 0 Å². The fraction of sp³-hybridized carbons (Fsp3) is 0. The molecule has 0 atom stereocenters. The van der Waals surface area contributed by atoms with Crippen molar-refractivity contribution in [2.24, 2.45) is 0 Å². The summed E-state index contributed by atoms with van der Waals surface area (Å²) in [7, 11) is 0. The summed E-state index contributed by atoms with van der Waals surface area (Å²) in [5.74, 6) is 3.74. The van der Waals surface area contributed by atoms with E-state index < -0.39 is 0 Å². The van der Waals surface area contributed by atoms with Crippen LogP contribution in [0.3, 0.4) is 0 Å². The molecule has 0 unspecified atom stereocenters. The van der Waals surface area contributed by atoms with Crippen molar-refractivity contribution in [2.45, 2.75) is 0 Å². The minimum Gasteiger partial charge on any atom is -0.508 e. The van der Waals surface area contributed by atoms with E-state index in [9.17, 15) is 10.2 Å². The van der Waals surface area contributed by atoms with Crippen molar-refractivity contribution in [3.05, 3.63) is 127 Å². The van der Waals surface area contributed by atoms with Gasteiger partial charge < -0.3 is 19.7 Å². The van der Waals surface area contributed by atoms with Crippen LogP contribution in [-0.4, -0.2) is 25.2 Å². The summed E-state index contributed by atoms with van der Waals surface area (Å²) in [4.78, 5) is 14.0. The molecule has 2 N–H and O–H groups in total. The third kappa shape index (κ3) is 5.58. The summed E-state index contributed by atoms with van der Waals surface area (Å²) < 4.78 is 11.8. The topological polar surface area (TPSA) is 97.6 Å². The van der Waals surface area contributed by atoms with E-state index >= 15 is 0 Å². The Balaban J connectivity index is 1.36. The molecule has 0 saturated heterocycles. The number of phenolic OH excluding ortho intramolecular Hbond substituents is 2. The highest BCUT2D eigenvalue weighted by Gasteiger charge is 2.15. The molecular formula is C33H23N3O4. The van der Waals surface area contributed by atoms with Gasteiger partial charge in [-0.1, -0.05) is 36.4 Å². The molecule has 0 aliphatic heterocycles. The zero-order valence-electron chi connectivity index (χ0n) is 21.2. The molecule has 6 aromatic rings. The summed E-state index contributed by atoms with van der Waals surface area (Å²) in [5, 5.41) is 20.3. The Hall–Kier alpha value is -5.69. The summed E-state index contributed by atoms with van der Waals surface area (Å²) in [6.07, 6.45) is 0. The highest BCUT2D eigenvalue weighted by atomic mass is 16.5. The second-order valence-corrected chi connectivity index (χ2v) is 8.89. The smallest absolute Gasteiger partial charge is 0.167 e. The molecule has 0 amide bonds. The van der Waals surface area contributed by atoms with Crippen LogP contribution in [0.25, 0.3) is 34.2 Å². The molecule has 7 heteroatoms. The van der Waals surface area contributed by atoms with E-state index in [1.54, 1.807) is 6.07 Å². The molecule has 5 aromatic carbocycles. The molecule has 0 radical (unpaired) electrons. The molecule has 0 bridgehead atoms. The molecule has 0 aliphatic rings. The van der Waals surface area contributed by atoms with Gasteiger partial charge in [0.1, 0.15) is 34.5 Å². The first-order chi connectivity index (χ1) is 19.6. The Morgan fingerprint density at radius 3 is 1.30 bits per heavy atom. The number of aromatic nitrogens is 3. The van der Waals surface area contributed by atoms with Crippen LogP contribution in [0.1, 0.15) is 0 Å². The van der Waals surface area contributed by atoms with Crippen LogP contribution in [-0.2, 0) is 0 Å². The SMILES string of the molecule is Oc1ccc(-c2nc(-c3ccc(Oc4ccccc4)cc3)nc(-c3ccc(Oc4ccccc4)cc3)n2)c(O)c1. The van der Waals surface area contributed by atoms with Gasteiger partial charge in [0.15, 0.2) is 17.5 Å². The lowest BCUT2D eigenvalue weighted by Gasteiger charge is -2.11. The van der Waals surface area contributed by atoms with Crippen molar-refractivity contribution in [1.29, 1.82) is 0 Å². The fourth-order valence-corrected chi connectivity index (χ4v) is 4.06. The zero-order chi connectivity index (χ0) is 27.3. The zero-order valence-corrected chi connectivity index (χ0v) is 21.2. The largest absolute Gasteiger partial charge is 0.508 e. The first kappa shape index (κ1) is 24.6. The van der Waals surface area contributed by atoms with Gasteiger partial charge in [0, 0.05) is 17.2 Å². The summed E-state index contributed by atoms with van der Waals surface area (Å²) in [6.45, 7) is 0. The minimum absolute atomic E-state index is 0.0567. The van der Waals surface area contributed by atoms with Gasteiger partial charge in [-0.25, -0.2) is 15.0 Å². The Labute approximate surface area is 230 Å². The Bertz CT molecular complexity index is 1640. The van der Waals surface area contributed by atoms with E-state index in [4.69, 9.17) is 14.5 Å². The highest BCUT2D eigenvalue weighted by Crippen LogP contribution is 2.33. The van der Waals surface area contributed by atoms with Gasteiger partial charge in [-0.3, -0.25) is 0 Å². The Kier molecular flexibility index (Phi) is 6.75. The van der Waals surface area contributed by atoms with Crippen molar-refractivity contribution in [3.63, 3.8) is 0 Å². The van der Waals surface area contributed by atoms with Crippen LogP contribution >= 0.6 is 0 Å². The second kappa shape index (κ2) is 11.0. The van der Waals surface area contributed by atoms with E-state index in [-0.39, 0.29) is 17.3 Å². The monoisotopic (exact) mass is 525 g/mol. The van der Waals surface area contributed by atoms with E-state index in [1.807, 2.05) is 109 Å². The van der Waals surface area contributed by atoms with Crippen LogP contribution < -0.4 is 9.47 Å². The van der Waals surface area contributed by atoms with E-state index in [1.165, 1.54) is 12.1 Å². The number of rotatable bonds is 7. The maximum Gasteiger partial charge on any atom is 0.167 e. The Morgan fingerprint density at radius 2 is 0.850 bits per heavy atom. The first-order valence-electron chi connectivity index (χ1n) is 12.6. The molecule has 1 aromatic heterocycles. The maximum atomic E-state index is 10.5. The van der Waals surface area contributed by atoms with E-state index in [2.05, 4.69) is 9.97 Å². The summed E-state index contributed by atoms with van der Waals surface area (Å²) in [6, 6.07) is 38.2. The first-order valence-corrected chi connectivity index (χ1v) is 12.6. The predicted octanol–water partition coefficient (Wildman–Crippen LogP) is 7.87. The molecule has 194 valence electrons. The van der Waals surface area contributed by atoms with Crippen molar-refractivity contribution in [2.75, 3.05) is 0 Å². The normalized spacial score (nSPS) is 10.7. The number of phenols is 2. The molecule has 0 fully saturated rings. The van der Waals surface area contributed by atoms with Gasteiger partial charge in [-0.05, 0) is 84.9 Å². The number of hydrogen-bond donors (Lipinski definition) is 2. The molecule has 7 nitrogen and oxygen atoms in total. The molecule has 1 heterocycles. The molecule has 0 spiro atoms. The number of ether oxygens (including phenoxy) is 2. The standard InChI is InChI=1S/C33H23N3O4/c37-24-15-20-29(30(38)21-24)33-35-31(22-11-16-27(17-12-22)39-25-7-3-1-4-8-25)34-32(36-33)23-13-18-28(19-14-23)40-26-9-5-2-6-10-26/h1-21,37-38H. The fourth-order valence-electron chi connectivity index (χ4n) is 4.06. The van der Waals surface area contributed by atoms with Crippen LogP contribution in [0, 0.1) is 0 Å². The van der Waals surface area contributed by atoms with Crippen molar-refractivity contribution >= 4 is 0 Å². The predicted molar refractivity (Wildman–Crippen MR) is 152 cm³/mol. The van der Waals surface area contributed by atoms with Crippen molar-refractivity contribution in [1.82, 2.24) is 15.0 Å². The molecule has 6 rings (SSSR count). The van der Waals surface area contributed by atoms with E-state index in [0.29, 0.717) is 28.7 Å². The lowest BCUT2D eigenvalue weighted by molar-refractivity contribution is 0.451. The average Bonchev–Trinajstić information content (AvgIpc) is 2.99. The van der Waals surface area contributed by atoms with Gasteiger partial charge in [0.05, 0.1) is 5.56 Å². The number of nitrogens with zero attached hydrogens (tertiary/aromatic N) is 3. The van der Waals surface area contributed by atoms with Crippen molar-refractivity contribution < 1.29 is 19.7 Å². The highest BCUT2D eigenvalue weighted by molar-refractivity contribution is 5.70. The van der Waals surface area contributed by atoms with Gasteiger partial charge in [-0.2, -0.15) is 0 Å². The van der Waals surface area contributed by atoms with Gasteiger partial charge in [-0.15, -0.1) is 0 Å². The lowest BCUT2D eigenvalue weighted by Crippen LogP contribution is -2.00. The summed E-state index contributed by atoms with van der Waals surface area (Å²) >= 11 is 0. The minimum atomic E-state index is -0.138. The quantitative estimate of drug-likeness (QED) is 0.219. The number of para-hydroxylation sites is 2. The van der Waals surface area contributed by atoms with Crippen LogP contribution in [0.4, 0.5) is 0 Å². The molecule has 0 saturated carbocycles. The Morgan fingerprint density at radius 1 is 0.425 bits per heavy atom. The lowest BCUT2D eigenvalue weighted by atomic mass is 10.1. The third-order valence-electron chi connectivity index (χ3n) is 6.04. The van der Waals surface area contributed by atoms with Gasteiger partial charge >= 0.3 is 0 Å². The molecule has 0 aliphatic carbocycles. The maximum absolute atomic E-state index is 10.5. The van der Waals surface area contributed by atoms with Crippen molar-refractivity contribution in [3.8, 4) is 68.7 Å². The third-order valence-corrected chi connectivity index (χ3v) is 6.04. The number of aromatic hydroxyl groups is 2. The summed E-state index contributed by atoms with van der Waals surface area (Å²) in [5.41, 5.74) is 1.86. The van der Waals surface area contributed by atoms with Crippen LogP contribution in [0.15, 0.2) is 127 Å². The molecular weight excluding hydrogens is 502 g/mol. The van der Waals surface area contributed by atoms with E-state index in [0.717, 1.165) is 22.6 Å². The van der Waals surface area contributed by atoms with Crippen LogP contribution in [0.2, 0.25) is 0 Å². The second-order valence-electron chi connectivity index (χ2n) is 8.89. The number of hydrogen-bond acceptors (Lipinski definition) is 7. The van der Waals surface area contributed by atoms with Gasteiger partial charge in [0.2, 0.25) is 0 Å². The average molecular weight is 526 g/mol. The van der Waals surface area contributed by atoms with Crippen LogP contribution in [0.5, 0.6) is 34.5 Å². The number of benzene rings is 5. The molecule has 40 heavy (non-hydrogen) atoms.